The number of nitrogens with zero attached hydrogens (tertiary/aromatic N) is 1. The van der Waals surface area contributed by atoms with E-state index in [-0.39, 0.29) is 5.91 Å². The molecule has 1 N–H and O–H groups in total. The van der Waals surface area contributed by atoms with Crippen LogP contribution in [-0.2, 0) is 11.2 Å². The van der Waals surface area contributed by atoms with Crippen LogP contribution in [0.3, 0.4) is 0 Å². The van der Waals surface area contributed by atoms with E-state index in [4.69, 9.17) is 9.52 Å². The summed E-state index contributed by atoms with van der Waals surface area (Å²) in [5, 5.41) is 9.15. The molecule has 0 bridgehead atoms. The molecular weight excluding hydrogens is 246 g/mol. The summed E-state index contributed by atoms with van der Waals surface area (Å²) in [7, 11) is 0. The lowest BCUT2D eigenvalue weighted by molar-refractivity contribution is -0.150. The van der Waals surface area contributed by atoms with E-state index in [0.717, 1.165) is 12.2 Å². The van der Waals surface area contributed by atoms with Gasteiger partial charge < -0.3 is 14.4 Å². The third-order valence-electron chi connectivity index (χ3n) is 3.89. The monoisotopic (exact) mass is 265 g/mol. The summed E-state index contributed by atoms with van der Waals surface area (Å²) in [6.07, 6.45) is 1.72. The van der Waals surface area contributed by atoms with Crippen LogP contribution in [0.25, 0.3) is 0 Å². The number of carboxylic acids is 1. The van der Waals surface area contributed by atoms with Crippen LogP contribution in [0.5, 0.6) is 0 Å². The molecule has 0 aliphatic carbocycles. The molecule has 1 aromatic heterocycles. The Balaban J connectivity index is 2.01. The zero-order chi connectivity index (χ0) is 14.0. The molecule has 1 saturated heterocycles. The quantitative estimate of drug-likeness (QED) is 0.909. The van der Waals surface area contributed by atoms with Gasteiger partial charge in [0.15, 0.2) is 5.76 Å². The van der Waals surface area contributed by atoms with E-state index in [1.807, 2.05) is 6.92 Å². The van der Waals surface area contributed by atoms with Crippen LogP contribution in [0.1, 0.15) is 43.0 Å². The van der Waals surface area contributed by atoms with E-state index >= 15 is 0 Å². The van der Waals surface area contributed by atoms with Crippen molar-refractivity contribution in [3.8, 4) is 0 Å². The molecule has 19 heavy (non-hydrogen) atoms. The van der Waals surface area contributed by atoms with Crippen molar-refractivity contribution in [2.75, 3.05) is 13.1 Å². The van der Waals surface area contributed by atoms with Gasteiger partial charge in [-0.3, -0.25) is 9.59 Å². The lowest BCUT2D eigenvalue weighted by atomic mass is 9.80. The van der Waals surface area contributed by atoms with Crippen LogP contribution >= 0.6 is 0 Å². The number of carbonyl (C=O) groups is 2. The second-order valence-electron chi connectivity index (χ2n) is 5.28. The molecule has 1 aliphatic heterocycles. The highest BCUT2D eigenvalue weighted by atomic mass is 16.4. The minimum atomic E-state index is -0.786. The lowest BCUT2D eigenvalue weighted by Crippen LogP contribution is -2.45. The van der Waals surface area contributed by atoms with Gasteiger partial charge in [0.25, 0.3) is 5.91 Å². The molecule has 0 saturated carbocycles. The number of rotatable bonds is 3. The zero-order valence-corrected chi connectivity index (χ0v) is 11.3. The number of carboxylic acid groups (broad SMARTS) is 1. The van der Waals surface area contributed by atoms with Gasteiger partial charge in [0.1, 0.15) is 5.76 Å². The van der Waals surface area contributed by atoms with Gasteiger partial charge in [0.2, 0.25) is 0 Å². The molecule has 0 spiro atoms. The average Bonchev–Trinajstić information content (AvgIpc) is 2.87. The van der Waals surface area contributed by atoms with Gasteiger partial charge in [0, 0.05) is 19.5 Å². The maximum Gasteiger partial charge on any atom is 0.309 e. The van der Waals surface area contributed by atoms with Crippen molar-refractivity contribution in [1.82, 2.24) is 4.90 Å². The second-order valence-corrected chi connectivity index (χ2v) is 5.28. The standard InChI is InChI=1S/C14H19NO4/c1-3-10-4-5-11(19-10)12(16)15-8-6-14(2,7-9-15)13(17)18/h4-5H,3,6-9H2,1-2H3,(H,17,18). The summed E-state index contributed by atoms with van der Waals surface area (Å²) < 4.78 is 5.44. The van der Waals surface area contributed by atoms with Crippen molar-refractivity contribution >= 4 is 11.9 Å². The van der Waals surface area contributed by atoms with Crippen LogP contribution < -0.4 is 0 Å². The molecular formula is C14H19NO4. The number of piperidine rings is 1. The number of furan rings is 1. The number of aliphatic carboxylic acids is 1. The van der Waals surface area contributed by atoms with Gasteiger partial charge in [-0.05, 0) is 31.9 Å². The topological polar surface area (TPSA) is 70.8 Å². The van der Waals surface area contributed by atoms with Crippen molar-refractivity contribution in [2.24, 2.45) is 5.41 Å². The first kappa shape index (κ1) is 13.6. The Morgan fingerprint density at radius 3 is 2.47 bits per heavy atom. The molecule has 1 aliphatic rings. The second kappa shape index (κ2) is 5.07. The predicted molar refractivity (Wildman–Crippen MR) is 69.0 cm³/mol. The van der Waals surface area contributed by atoms with E-state index in [2.05, 4.69) is 0 Å². The minimum Gasteiger partial charge on any atom is -0.481 e. The number of aryl methyl sites for hydroxylation is 1. The van der Waals surface area contributed by atoms with Crippen molar-refractivity contribution in [3.63, 3.8) is 0 Å². The van der Waals surface area contributed by atoms with Crippen LogP contribution in [0.15, 0.2) is 16.5 Å². The van der Waals surface area contributed by atoms with Gasteiger partial charge in [-0.25, -0.2) is 0 Å². The fourth-order valence-corrected chi connectivity index (χ4v) is 2.26. The smallest absolute Gasteiger partial charge is 0.309 e. The van der Waals surface area contributed by atoms with E-state index in [0.29, 0.717) is 31.7 Å². The van der Waals surface area contributed by atoms with E-state index in [1.165, 1.54) is 0 Å². The zero-order valence-electron chi connectivity index (χ0n) is 11.3. The first-order valence-electron chi connectivity index (χ1n) is 6.57. The fourth-order valence-electron chi connectivity index (χ4n) is 2.26. The van der Waals surface area contributed by atoms with Gasteiger partial charge in [-0.15, -0.1) is 0 Å². The molecule has 1 fully saturated rings. The summed E-state index contributed by atoms with van der Waals surface area (Å²) in [5.41, 5.74) is -0.714. The first-order chi connectivity index (χ1) is 8.96. The summed E-state index contributed by atoms with van der Waals surface area (Å²) >= 11 is 0. The summed E-state index contributed by atoms with van der Waals surface area (Å²) in [6, 6.07) is 3.49. The third kappa shape index (κ3) is 2.64. The van der Waals surface area contributed by atoms with E-state index in [1.54, 1.807) is 24.0 Å². The van der Waals surface area contributed by atoms with Crippen LogP contribution in [0.4, 0.5) is 0 Å². The number of amides is 1. The highest BCUT2D eigenvalue weighted by Gasteiger charge is 2.38. The normalized spacial score (nSPS) is 18.3. The number of hydrogen-bond donors (Lipinski definition) is 1. The van der Waals surface area contributed by atoms with Gasteiger partial charge in [-0.2, -0.15) is 0 Å². The van der Waals surface area contributed by atoms with Crippen molar-refractivity contribution < 1.29 is 19.1 Å². The Kier molecular flexibility index (Phi) is 3.64. The Labute approximate surface area is 112 Å². The van der Waals surface area contributed by atoms with Crippen molar-refractivity contribution in [3.05, 3.63) is 23.7 Å². The van der Waals surface area contributed by atoms with Gasteiger partial charge in [0.05, 0.1) is 5.41 Å². The average molecular weight is 265 g/mol. The molecule has 104 valence electrons. The molecule has 1 amide bonds. The predicted octanol–water partition coefficient (Wildman–Crippen LogP) is 2.17. The van der Waals surface area contributed by atoms with Crippen molar-refractivity contribution in [2.45, 2.75) is 33.1 Å². The van der Waals surface area contributed by atoms with Crippen LogP contribution in [-0.4, -0.2) is 35.0 Å². The number of likely N-dealkylation sites (tertiary alicyclic amines) is 1. The fraction of sp³-hybridized carbons (Fsp3) is 0.571. The molecule has 2 rings (SSSR count). The Bertz CT molecular complexity index is 483. The summed E-state index contributed by atoms with van der Waals surface area (Å²) in [6.45, 7) is 4.62. The van der Waals surface area contributed by atoms with Gasteiger partial charge >= 0.3 is 5.97 Å². The van der Waals surface area contributed by atoms with Gasteiger partial charge in [-0.1, -0.05) is 6.92 Å². The summed E-state index contributed by atoms with van der Waals surface area (Å²) in [4.78, 5) is 25.0. The number of carbonyl (C=O) groups excluding carboxylic acids is 1. The minimum absolute atomic E-state index is 0.146. The summed E-state index contributed by atoms with van der Waals surface area (Å²) in [5.74, 6) is 0.199. The highest BCUT2D eigenvalue weighted by molar-refractivity contribution is 5.91. The van der Waals surface area contributed by atoms with Crippen molar-refractivity contribution in [1.29, 1.82) is 0 Å². The highest BCUT2D eigenvalue weighted by Crippen LogP contribution is 2.31. The Morgan fingerprint density at radius 1 is 1.37 bits per heavy atom. The first-order valence-corrected chi connectivity index (χ1v) is 6.57. The molecule has 5 heteroatoms. The molecule has 1 aromatic rings. The molecule has 2 heterocycles. The SMILES string of the molecule is CCc1ccc(C(=O)N2CCC(C)(C(=O)O)CC2)o1. The number of hydrogen-bond acceptors (Lipinski definition) is 3. The molecule has 5 nitrogen and oxygen atoms in total. The molecule has 0 aromatic carbocycles. The Hall–Kier alpha value is -1.78. The Morgan fingerprint density at radius 2 is 2.00 bits per heavy atom. The van der Waals surface area contributed by atoms with E-state index in [9.17, 15) is 9.59 Å². The molecule has 0 radical (unpaired) electrons. The van der Waals surface area contributed by atoms with E-state index < -0.39 is 11.4 Å². The van der Waals surface area contributed by atoms with Crippen LogP contribution in [0.2, 0.25) is 0 Å². The largest absolute Gasteiger partial charge is 0.481 e. The lowest BCUT2D eigenvalue weighted by Gasteiger charge is -2.36. The third-order valence-corrected chi connectivity index (χ3v) is 3.89. The molecule has 0 unspecified atom stereocenters. The maximum absolute atomic E-state index is 12.2. The van der Waals surface area contributed by atoms with Crippen LogP contribution in [0, 0.1) is 5.41 Å². The maximum atomic E-state index is 12.2. The molecule has 0 atom stereocenters.